The molecule has 0 saturated carbocycles. The van der Waals surface area contributed by atoms with Crippen molar-refractivity contribution in [3.8, 4) is 11.5 Å². The van der Waals surface area contributed by atoms with Gasteiger partial charge in [-0.3, -0.25) is 5.10 Å². The van der Waals surface area contributed by atoms with Crippen molar-refractivity contribution in [2.45, 2.75) is 25.9 Å². The van der Waals surface area contributed by atoms with E-state index in [2.05, 4.69) is 27.4 Å². The standard InChI is InChI=1S/C14H20N4O2/c1-10(15-8-14-16-9-17-18-14)6-11-4-5-12(19-2)13(7-11)20-3/h4-5,7,9-10,15H,6,8H2,1-3H3,(H,16,17,18). The van der Waals surface area contributed by atoms with Gasteiger partial charge in [0.2, 0.25) is 0 Å². The molecule has 2 rings (SSSR count). The van der Waals surface area contributed by atoms with Gasteiger partial charge >= 0.3 is 0 Å². The Morgan fingerprint density at radius 2 is 2.05 bits per heavy atom. The first-order chi connectivity index (χ1) is 9.72. The number of nitrogens with one attached hydrogen (secondary N) is 2. The van der Waals surface area contributed by atoms with E-state index in [0.29, 0.717) is 12.6 Å². The molecule has 0 bridgehead atoms. The summed E-state index contributed by atoms with van der Waals surface area (Å²) in [5.41, 5.74) is 1.19. The zero-order valence-electron chi connectivity index (χ0n) is 12.0. The predicted octanol–water partition coefficient (Wildman–Crippen LogP) is 1.54. The van der Waals surface area contributed by atoms with Crippen molar-refractivity contribution in [3.05, 3.63) is 35.9 Å². The molecule has 20 heavy (non-hydrogen) atoms. The first kappa shape index (κ1) is 14.3. The zero-order chi connectivity index (χ0) is 14.4. The average Bonchev–Trinajstić information content (AvgIpc) is 2.98. The lowest BCUT2D eigenvalue weighted by Gasteiger charge is -2.14. The molecule has 6 heteroatoms. The van der Waals surface area contributed by atoms with Gasteiger partial charge < -0.3 is 14.8 Å². The molecule has 2 N–H and O–H groups in total. The summed E-state index contributed by atoms with van der Waals surface area (Å²) in [7, 11) is 3.28. The topological polar surface area (TPSA) is 72.1 Å². The minimum Gasteiger partial charge on any atom is -0.493 e. The van der Waals surface area contributed by atoms with Gasteiger partial charge in [0.25, 0.3) is 0 Å². The molecule has 1 unspecified atom stereocenters. The van der Waals surface area contributed by atoms with E-state index < -0.39 is 0 Å². The first-order valence-electron chi connectivity index (χ1n) is 6.51. The zero-order valence-corrected chi connectivity index (χ0v) is 12.0. The fourth-order valence-electron chi connectivity index (χ4n) is 2.02. The number of hydrogen-bond acceptors (Lipinski definition) is 5. The van der Waals surface area contributed by atoms with Crippen LogP contribution in [0.5, 0.6) is 11.5 Å². The van der Waals surface area contributed by atoms with Crippen molar-refractivity contribution in [1.82, 2.24) is 20.5 Å². The predicted molar refractivity (Wildman–Crippen MR) is 75.9 cm³/mol. The lowest BCUT2D eigenvalue weighted by Crippen LogP contribution is -2.28. The number of methoxy groups -OCH3 is 2. The second-order valence-electron chi connectivity index (χ2n) is 4.61. The summed E-state index contributed by atoms with van der Waals surface area (Å²) in [6, 6.07) is 6.30. The highest BCUT2D eigenvalue weighted by molar-refractivity contribution is 5.43. The van der Waals surface area contributed by atoms with Crippen molar-refractivity contribution in [2.75, 3.05) is 14.2 Å². The van der Waals surface area contributed by atoms with E-state index in [4.69, 9.17) is 9.47 Å². The Bertz CT molecular complexity index is 528. The Morgan fingerprint density at radius 1 is 1.25 bits per heavy atom. The van der Waals surface area contributed by atoms with Crippen LogP contribution in [-0.2, 0) is 13.0 Å². The fraction of sp³-hybridized carbons (Fsp3) is 0.429. The molecular formula is C14H20N4O2. The summed E-state index contributed by atoms with van der Waals surface area (Å²) < 4.78 is 10.5. The molecule has 0 aliphatic carbocycles. The lowest BCUT2D eigenvalue weighted by molar-refractivity contribution is 0.354. The maximum atomic E-state index is 5.31. The third-order valence-corrected chi connectivity index (χ3v) is 3.07. The largest absolute Gasteiger partial charge is 0.493 e. The third kappa shape index (κ3) is 3.71. The number of hydrogen-bond donors (Lipinski definition) is 2. The van der Waals surface area contributed by atoms with Crippen LogP contribution in [0.4, 0.5) is 0 Å². The molecular weight excluding hydrogens is 256 g/mol. The number of aromatic nitrogens is 3. The number of benzene rings is 1. The van der Waals surface area contributed by atoms with Gasteiger partial charge in [-0.2, -0.15) is 5.10 Å². The molecule has 2 aromatic rings. The van der Waals surface area contributed by atoms with Crippen LogP contribution in [-0.4, -0.2) is 35.4 Å². The van der Waals surface area contributed by atoms with E-state index in [1.54, 1.807) is 14.2 Å². The van der Waals surface area contributed by atoms with Gasteiger partial charge in [-0.05, 0) is 31.0 Å². The summed E-state index contributed by atoms with van der Waals surface area (Å²) in [4.78, 5) is 4.08. The summed E-state index contributed by atoms with van der Waals surface area (Å²) in [6.45, 7) is 2.81. The second kappa shape index (κ2) is 6.91. The van der Waals surface area contributed by atoms with E-state index in [-0.39, 0.29) is 0 Å². The van der Waals surface area contributed by atoms with Crippen LogP contribution in [0.3, 0.4) is 0 Å². The maximum Gasteiger partial charge on any atom is 0.160 e. The van der Waals surface area contributed by atoms with Crippen molar-refractivity contribution in [3.63, 3.8) is 0 Å². The fourth-order valence-corrected chi connectivity index (χ4v) is 2.02. The smallest absolute Gasteiger partial charge is 0.160 e. The van der Waals surface area contributed by atoms with Crippen molar-refractivity contribution < 1.29 is 9.47 Å². The highest BCUT2D eigenvalue weighted by Crippen LogP contribution is 2.27. The van der Waals surface area contributed by atoms with Gasteiger partial charge in [0.15, 0.2) is 11.5 Å². The van der Waals surface area contributed by atoms with Gasteiger partial charge in [0.1, 0.15) is 12.2 Å². The van der Waals surface area contributed by atoms with Crippen molar-refractivity contribution in [2.24, 2.45) is 0 Å². The molecule has 1 heterocycles. The average molecular weight is 276 g/mol. The number of rotatable bonds is 7. The molecule has 0 spiro atoms. The molecule has 108 valence electrons. The summed E-state index contributed by atoms with van der Waals surface area (Å²) in [5.74, 6) is 2.34. The van der Waals surface area contributed by atoms with E-state index in [1.165, 1.54) is 11.9 Å². The van der Waals surface area contributed by atoms with E-state index in [9.17, 15) is 0 Å². The van der Waals surface area contributed by atoms with Gasteiger partial charge in [-0.25, -0.2) is 4.98 Å². The number of aromatic amines is 1. The number of nitrogens with zero attached hydrogens (tertiary/aromatic N) is 2. The van der Waals surface area contributed by atoms with Gasteiger partial charge in [-0.1, -0.05) is 6.07 Å². The molecule has 0 amide bonds. The molecule has 1 aromatic carbocycles. The lowest BCUT2D eigenvalue weighted by atomic mass is 10.1. The van der Waals surface area contributed by atoms with E-state index in [1.807, 2.05) is 18.2 Å². The Balaban J connectivity index is 1.91. The summed E-state index contributed by atoms with van der Waals surface area (Å²) in [6.07, 6.45) is 2.41. The quantitative estimate of drug-likeness (QED) is 0.802. The monoisotopic (exact) mass is 276 g/mol. The van der Waals surface area contributed by atoms with Gasteiger partial charge in [0.05, 0.1) is 20.8 Å². The van der Waals surface area contributed by atoms with Crippen LogP contribution in [0.1, 0.15) is 18.3 Å². The van der Waals surface area contributed by atoms with Crippen LogP contribution in [0, 0.1) is 0 Å². The normalized spacial score (nSPS) is 12.2. The van der Waals surface area contributed by atoms with E-state index in [0.717, 1.165) is 23.7 Å². The minimum atomic E-state index is 0.318. The molecule has 1 aromatic heterocycles. The highest BCUT2D eigenvalue weighted by atomic mass is 16.5. The Kier molecular flexibility index (Phi) is 4.95. The molecule has 0 fully saturated rings. The second-order valence-corrected chi connectivity index (χ2v) is 4.61. The molecule has 0 aliphatic heterocycles. The van der Waals surface area contributed by atoms with Crippen LogP contribution >= 0.6 is 0 Å². The molecule has 0 saturated heterocycles. The van der Waals surface area contributed by atoms with Gasteiger partial charge in [-0.15, -0.1) is 0 Å². The SMILES string of the molecule is COc1ccc(CC(C)NCc2ncn[nH]2)cc1OC. The van der Waals surface area contributed by atoms with Gasteiger partial charge in [0, 0.05) is 6.04 Å². The van der Waals surface area contributed by atoms with Crippen LogP contribution in [0.15, 0.2) is 24.5 Å². The number of H-pyrrole nitrogens is 1. The van der Waals surface area contributed by atoms with Crippen LogP contribution in [0.2, 0.25) is 0 Å². The molecule has 6 nitrogen and oxygen atoms in total. The molecule has 1 atom stereocenters. The van der Waals surface area contributed by atoms with E-state index >= 15 is 0 Å². The maximum absolute atomic E-state index is 5.31. The minimum absolute atomic E-state index is 0.318. The highest BCUT2D eigenvalue weighted by Gasteiger charge is 2.08. The molecule has 0 radical (unpaired) electrons. The van der Waals surface area contributed by atoms with Crippen LogP contribution < -0.4 is 14.8 Å². The third-order valence-electron chi connectivity index (χ3n) is 3.07. The van der Waals surface area contributed by atoms with Crippen LogP contribution in [0.25, 0.3) is 0 Å². The first-order valence-corrected chi connectivity index (χ1v) is 6.51. The molecule has 0 aliphatic rings. The Morgan fingerprint density at radius 3 is 2.70 bits per heavy atom. The van der Waals surface area contributed by atoms with Crippen molar-refractivity contribution in [1.29, 1.82) is 0 Å². The Hall–Kier alpha value is -2.08. The summed E-state index contributed by atoms with van der Waals surface area (Å²) in [5, 5.41) is 10.0. The number of ether oxygens (including phenoxy) is 2. The van der Waals surface area contributed by atoms with Crippen molar-refractivity contribution >= 4 is 0 Å². The summed E-state index contributed by atoms with van der Waals surface area (Å²) >= 11 is 0. The Labute approximate surface area is 118 Å².